The van der Waals surface area contributed by atoms with Gasteiger partial charge in [-0.1, -0.05) is 0 Å². The largest absolute Gasteiger partial charge is 0.418 e. The molecule has 1 fully saturated rings. The van der Waals surface area contributed by atoms with Crippen LogP contribution in [0.4, 0.5) is 24.5 Å². The van der Waals surface area contributed by atoms with E-state index in [1.807, 2.05) is 4.72 Å². The first-order valence-corrected chi connectivity index (χ1v) is 7.39. The van der Waals surface area contributed by atoms with Gasteiger partial charge in [-0.05, 0) is 31.0 Å². The van der Waals surface area contributed by atoms with Crippen molar-refractivity contribution in [1.82, 2.24) is 4.31 Å². The molecule has 1 heterocycles. The van der Waals surface area contributed by atoms with Gasteiger partial charge in [0.2, 0.25) is 0 Å². The maximum Gasteiger partial charge on any atom is 0.418 e. The van der Waals surface area contributed by atoms with Crippen LogP contribution in [-0.2, 0) is 16.4 Å². The molecule has 1 saturated heterocycles. The minimum atomic E-state index is -4.68. The highest BCUT2D eigenvalue weighted by Gasteiger charge is 2.35. The van der Waals surface area contributed by atoms with Gasteiger partial charge in [0.05, 0.1) is 11.3 Å². The number of hydrogen-bond donors (Lipinski definition) is 2. The van der Waals surface area contributed by atoms with Crippen molar-refractivity contribution in [2.24, 2.45) is 0 Å². The third-order valence-corrected chi connectivity index (χ3v) is 4.52. The summed E-state index contributed by atoms with van der Waals surface area (Å²) in [7, 11) is -3.97. The van der Waals surface area contributed by atoms with Crippen molar-refractivity contribution in [3.05, 3.63) is 23.8 Å². The van der Waals surface area contributed by atoms with Gasteiger partial charge in [-0.15, -0.1) is 0 Å². The number of benzene rings is 1. The molecule has 0 aliphatic carbocycles. The summed E-state index contributed by atoms with van der Waals surface area (Å²) in [6, 6.07) is 2.95. The van der Waals surface area contributed by atoms with Gasteiger partial charge in [0.15, 0.2) is 0 Å². The number of halogens is 3. The van der Waals surface area contributed by atoms with Gasteiger partial charge in [0.1, 0.15) is 0 Å². The highest BCUT2D eigenvalue weighted by atomic mass is 32.2. The van der Waals surface area contributed by atoms with Crippen molar-refractivity contribution in [2.45, 2.75) is 19.0 Å². The lowest BCUT2D eigenvalue weighted by atomic mass is 10.1. The van der Waals surface area contributed by atoms with Crippen LogP contribution in [0, 0.1) is 0 Å². The molecule has 2 rings (SSSR count). The van der Waals surface area contributed by atoms with E-state index in [4.69, 9.17) is 5.73 Å². The molecule has 0 spiro atoms. The van der Waals surface area contributed by atoms with Gasteiger partial charge in [-0.3, -0.25) is 4.72 Å². The third-order valence-electron chi connectivity index (χ3n) is 2.99. The topological polar surface area (TPSA) is 75.4 Å². The molecule has 0 bridgehead atoms. The summed E-state index contributed by atoms with van der Waals surface area (Å²) in [5, 5.41) is 0. The quantitative estimate of drug-likeness (QED) is 0.839. The highest BCUT2D eigenvalue weighted by Crippen LogP contribution is 2.36. The van der Waals surface area contributed by atoms with Crippen LogP contribution in [0.5, 0.6) is 0 Å². The zero-order valence-electron chi connectivity index (χ0n) is 10.4. The minimum Gasteiger partial charge on any atom is -0.399 e. The Morgan fingerprint density at radius 1 is 1.20 bits per heavy atom. The van der Waals surface area contributed by atoms with E-state index in [0.717, 1.165) is 10.4 Å². The van der Waals surface area contributed by atoms with E-state index in [1.165, 1.54) is 6.07 Å². The molecular formula is C11H14F3N3O2S. The average Bonchev–Trinajstić information content (AvgIpc) is 2.84. The predicted octanol–water partition coefficient (Wildman–Crippen LogP) is 2.04. The SMILES string of the molecule is Nc1ccc(NS(=O)(=O)N2CCCC2)c(C(F)(F)F)c1. The lowest BCUT2D eigenvalue weighted by Crippen LogP contribution is -2.34. The number of hydrogen-bond acceptors (Lipinski definition) is 3. The van der Waals surface area contributed by atoms with Crippen LogP contribution >= 0.6 is 0 Å². The van der Waals surface area contributed by atoms with Crippen LogP contribution in [0.3, 0.4) is 0 Å². The molecule has 1 aromatic rings. The van der Waals surface area contributed by atoms with Gasteiger partial charge in [0.25, 0.3) is 0 Å². The molecule has 0 saturated carbocycles. The number of anilines is 2. The molecule has 1 aromatic carbocycles. The number of nitrogens with two attached hydrogens (primary N) is 1. The number of nitrogens with one attached hydrogen (secondary N) is 1. The summed E-state index contributed by atoms with van der Waals surface area (Å²) in [5.41, 5.74) is 3.63. The van der Waals surface area contributed by atoms with Gasteiger partial charge in [0, 0.05) is 18.8 Å². The first kappa shape index (κ1) is 14.9. The highest BCUT2D eigenvalue weighted by molar-refractivity contribution is 7.90. The van der Waals surface area contributed by atoms with Crippen LogP contribution in [0.2, 0.25) is 0 Å². The average molecular weight is 309 g/mol. The molecule has 9 heteroatoms. The van der Waals surface area contributed by atoms with Gasteiger partial charge >= 0.3 is 16.4 Å². The van der Waals surface area contributed by atoms with Crippen LogP contribution in [0.15, 0.2) is 18.2 Å². The Balaban J connectivity index is 2.34. The Labute approximate surface area is 114 Å². The maximum absolute atomic E-state index is 12.9. The van der Waals surface area contributed by atoms with E-state index in [0.29, 0.717) is 32.0 Å². The standard InChI is InChI=1S/C11H14F3N3O2S/c12-11(13,14)9-7-8(15)3-4-10(9)16-20(18,19)17-5-1-2-6-17/h3-4,7,16H,1-2,5-6,15H2. The van der Waals surface area contributed by atoms with E-state index in [-0.39, 0.29) is 5.69 Å². The van der Waals surface area contributed by atoms with Crippen molar-refractivity contribution in [3.63, 3.8) is 0 Å². The lowest BCUT2D eigenvalue weighted by molar-refractivity contribution is -0.136. The summed E-state index contributed by atoms with van der Waals surface area (Å²) in [4.78, 5) is 0. The van der Waals surface area contributed by atoms with Crippen LogP contribution in [0.1, 0.15) is 18.4 Å². The van der Waals surface area contributed by atoms with E-state index in [9.17, 15) is 21.6 Å². The zero-order valence-corrected chi connectivity index (χ0v) is 11.3. The number of nitrogen functional groups attached to an aromatic ring is 1. The number of nitrogens with zero attached hydrogens (tertiary/aromatic N) is 1. The first-order valence-electron chi connectivity index (χ1n) is 5.95. The van der Waals surface area contributed by atoms with E-state index in [1.54, 1.807) is 0 Å². The van der Waals surface area contributed by atoms with E-state index < -0.39 is 27.6 Å². The third kappa shape index (κ3) is 3.15. The minimum absolute atomic E-state index is 0.0820. The molecule has 0 amide bonds. The normalized spacial score (nSPS) is 17.4. The fourth-order valence-electron chi connectivity index (χ4n) is 2.02. The van der Waals surface area contributed by atoms with Crippen LogP contribution in [-0.4, -0.2) is 25.8 Å². The summed E-state index contributed by atoms with van der Waals surface area (Å²) >= 11 is 0. The Morgan fingerprint density at radius 2 is 1.80 bits per heavy atom. The van der Waals surface area contributed by atoms with Gasteiger partial charge in [-0.25, -0.2) is 0 Å². The molecule has 0 unspecified atom stereocenters. The van der Waals surface area contributed by atoms with E-state index >= 15 is 0 Å². The second kappa shape index (κ2) is 5.13. The number of alkyl halides is 3. The Morgan fingerprint density at radius 3 is 2.35 bits per heavy atom. The van der Waals surface area contributed by atoms with Gasteiger partial charge < -0.3 is 5.73 Å². The maximum atomic E-state index is 12.9. The lowest BCUT2D eigenvalue weighted by Gasteiger charge is -2.19. The second-order valence-corrected chi connectivity index (χ2v) is 6.19. The van der Waals surface area contributed by atoms with Crippen molar-refractivity contribution >= 4 is 21.6 Å². The molecular weight excluding hydrogens is 295 g/mol. The summed E-state index contributed by atoms with van der Waals surface area (Å²) in [5.74, 6) is 0. The molecule has 20 heavy (non-hydrogen) atoms. The zero-order chi connectivity index (χ0) is 15.0. The molecule has 1 aliphatic heterocycles. The van der Waals surface area contributed by atoms with Crippen LogP contribution < -0.4 is 10.5 Å². The molecule has 0 aromatic heterocycles. The van der Waals surface area contributed by atoms with Gasteiger partial charge in [-0.2, -0.15) is 25.9 Å². The van der Waals surface area contributed by atoms with Crippen molar-refractivity contribution in [3.8, 4) is 0 Å². The summed E-state index contributed by atoms with van der Waals surface area (Å²) in [6.45, 7) is 0.622. The summed E-state index contributed by atoms with van der Waals surface area (Å²) in [6.07, 6.45) is -3.28. The second-order valence-electron chi connectivity index (χ2n) is 4.52. The fraction of sp³-hybridized carbons (Fsp3) is 0.455. The molecule has 1 aliphatic rings. The molecule has 112 valence electrons. The van der Waals surface area contributed by atoms with Crippen molar-refractivity contribution in [2.75, 3.05) is 23.5 Å². The Bertz CT molecular complexity index is 595. The van der Waals surface area contributed by atoms with Crippen LogP contribution in [0.25, 0.3) is 0 Å². The fourth-order valence-corrected chi connectivity index (χ4v) is 3.34. The number of rotatable bonds is 3. The Kier molecular flexibility index (Phi) is 3.83. The van der Waals surface area contributed by atoms with Crippen molar-refractivity contribution < 1.29 is 21.6 Å². The monoisotopic (exact) mass is 309 g/mol. The molecule has 3 N–H and O–H groups in total. The smallest absolute Gasteiger partial charge is 0.399 e. The Hall–Kier alpha value is -1.48. The summed E-state index contributed by atoms with van der Waals surface area (Å²) < 4.78 is 65.7. The first-order chi connectivity index (χ1) is 9.20. The van der Waals surface area contributed by atoms with E-state index in [2.05, 4.69) is 0 Å². The van der Waals surface area contributed by atoms with Crippen molar-refractivity contribution in [1.29, 1.82) is 0 Å². The molecule has 0 atom stereocenters. The molecule has 0 radical (unpaired) electrons. The molecule has 5 nitrogen and oxygen atoms in total. The predicted molar refractivity (Wildman–Crippen MR) is 69.2 cm³/mol.